The lowest BCUT2D eigenvalue weighted by Gasteiger charge is -2.42. The zero-order valence-electron chi connectivity index (χ0n) is 27.6. The minimum absolute atomic E-state index is 0.124. The maximum absolute atomic E-state index is 13.3. The van der Waals surface area contributed by atoms with Crippen molar-refractivity contribution in [2.75, 3.05) is 6.54 Å². The lowest BCUT2D eigenvalue weighted by Crippen LogP contribution is -2.48. The van der Waals surface area contributed by atoms with Gasteiger partial charge in [0.05, 0.1) is 18.3 Å². The van der Waals surface area contributed by atoms with Gasteiger partial charge in [-0.25, -0.2) is 4.68 Å². The van der Waals surface area contributed by atoms with Crippen LogP contribution in [0.1, 0.15) is 78.4 Å². The molecule has 3 heterocycles. The van der Waals surface area contributed by atoms with E-state index >= 15 is 0 Å². The minimum Gasteiger partial charge on any atom is -0.487 e. The van der Waals surface area contributed by atoms with Crippen LogP contribution >= 0.6 is 10.8 Å². The van der Waals surface area contributed by atoms with Crippen molar-refractivity contribution in [3.8, 4) is 5.75 Å². The average Bonchev–Trinajstić information content (AvgIpc) is 3.72. The number of carbonyl (C=O) groups is 1. The monoisotopic (exact) mass is 658 g/mol. The lowest BCUT2D eigenvalue weighted by atomic mass is 9.74. The van der Waals surface area contributed by atoms with Crippen LogP contribution in [-0.2, 0) is 13.1 Å². The van der Waals surface area contributed by atoms with Gasteiger partial charge in [0.2, 0.25) is 5.76 Å². The molecule has 1 aliphatic heterocycles. The van der Waals surface area contributed by atoms with E-state index in [2.05, 4.69) is 45.1 Å². The Balaban J connectivity index is 1.44. The Morgan fingerprint density at radius 3 is 2.62 bits per heavy atom. The molecule has 12 heteroatoms. The van der Waals surface area contributed by atoms with Gasteiger partial charge in [-0.1, -0.05) is 53.7 Å². The predicted molar refractivity (Wildman–Crippen MR) is 182 cm³/mol. The largest absolute Gasteiger partial charge is 0.487 e. The minimum atomic E-state index is -3.35. The van der Waals surface area contributed by atoms with Gasteiger partial charge in [-0.15, -0.1) is 15.9 Å². The maximum atomic E-state index is 13.3. The average molecular weight is 659 g/mol. The first-order chi connectivity index (χ1) is 22.4. The van der Waals surface area contributed by atoms with Crippen LogP contribution in [0.2, 0.25) is 0 Å². The van der Waals surface area contributed by atoms with Gasteiger partial charge < -0.3 is 14.6 Å². The van der Waals surface area contributed by atoms with Crippen LogP contribution in [0.3, 0.4) is 0 Å². The van der Waals surface area contributed by atoms with Crippen molar-refractivity contribution in [3.05, 3.63) is 100 Å². The molecule has 248 valence electrons. The van der Waals surface area contributed by atoms with E-state index in [4.69, 9.17) is 9.26 Å². The SMILES string of the molecule is CCC1CN(Cc2cc([C@@H](c3ccc4c(nnn4CC)c3C)C(C)(C)NC(=O)c3ccno3)ccc2C)S(O)(O)c2ccccc2O1. The van der Waals surface area contributed by atoms with E-state index < -0.39 is 16.3 Å². The molecule has 1 amide bonds. The summed E-state index contributed by atoms with van der Waals surface area (Å²) in [5.74, 6) is -0.0774. The number of amides is 1. The van der Waals surface area contributed by atoms with Crippen molar-refractivity contribution >= 4 is 27.7 Å². The second kappa shape index (κ2) is 12.8. The molecule has 3 N–H and O–H groups in total. The fourth-order valence-electron chi connectivity index (χ4n) is 6.53. The summed E-state index contributed by atoms with van der Waals surface area (Å²) in [6.07, 6.45) is 1.95. The number of carbonyl (C=O) groups excluding carboxylic acids is 1. The summed E-state index contributed by atoms with van der Waals surface area (Å²) in [5.41, 5.74) is 5.80. The molecule has 6 rings (SSSR count). The summed E-state index contributed by atoms with van der Waals surface area (Å²) in [7, 11) is -3.35. The highest BCUT2D eigenvalue weighted by Crippen LogP contribution is 2.57. The van der Waals surface area contributed by atoms with Crippen molar-refractivity contribution in [2.45, 2.75) is 83.5 Å². The molecule has 0 bridgehead atoms. The summed E-state index contributed by atoms with van der Waals surface area (Å²) in [5, 5.41) is 15.8. The summed E-state index contributed by atoms with van der Waals surface area (Å²) in [6, 6.07) is 19.1. The Labute approximate surface area is 276 Å². The van der Waals surface area contributed by atoms with Crippen LogP contribution < -0.4 is 10.1 Å². The van der Waals surface area contributed by atoms with Crippen molar-refractivity contribution in [2.24, 2.45) is 0 Å². The third-order valence-electron chi connectivity index (χ3n) is 9.13. The number of hydrogen-bond donors (Lipinski definition) is 3. The molecule has 47 heavy (non-hydrogen) atoms. The van der Waals surface area contributed by atoms with E-state index in [1.807, 2.05) is 58.4 Å². The van der Waals surface area contributed by atoms with Gasteiger partial charge in [0.1, 0.15) is 22.3 Å². The number of aromatic nitrogens is 4. The predicted octanol–water partition coefficient (Wildman–Crippen LogP) is 7.09. The topological polar surface area (TPSA) is 139 Å². The van der Waals surface area contributed by atoms with Crippen LogP contribution in [0.5, 0.6) is 5.75 Å². The smallest absolute Gasteiger partial charge is 0.290 e. The normalized spacial score (nSPS) is 17.8. The molecule has 11 nitrogen and oxygen atoms in total. The zero-order chi connectivity index (χ0) is 33.5. The first kappa shape index (κ1) is 32.7. The van der Waals surface area contributed by atoms with Crippen molar-refractivity contribution in [3.63, 3.8) is 0 Å². The number of aryl methyl sites for hydroxylation is 3. The Kier molecular flexibility index (Phi) is 8.88. The summed E-state index contributed by atoms with van der Waals surface area (Å²) in [4.78, 5) is 13.7. The van der Waals surface area contributed by atoms with Gasteiger partial charge in [-0.2, -0.15) is 4.31 Å². The standard InChI is InChI=1S/C35H42N6O5S/c1-7-26-21-40(47(43,44)31-12-10-9-11-29(31)45-26)20-25-19-24(14-13-22(25)3)32(35(5,6)37-34(42)30-17-18-36-46-30)27-15-16-28-33(23(27)4)38-39-41(28)8-2/h9-19,26,32,43-44H,7-8,20-21H2,1-6H3,(H,37,42)/t26?,32-/m0/s1. The number of ether oxygens (including phenoxy) is 1. The molecule has 5 aromatic rings. The molecule has 2 aromatic heterocycles. The van der Waals surface area contributed by atoms with Gasteiger partial charge in [-0.3, -0.25) is 13.9 Å². The van der Waals surface area contributed by atoms with Gasteiger partial charge in [-0.05, 0) is 87.1 Å². The van der Waals surface area contributed by atoms with Gasteiger partial charge >= 0.3 is 0 Å². The molecule has 0 saturated heterocycles. The van der Waals surface area contributed by atoms with Crippen LogP contribution in [-0.4, -0.2) is 57.7 Å². The van der Waals surface area contributed by atoms with Crippen LogP contribution in [0.4, 0.5) is 0 Å². The molecule has 0 radical (unpaired) electrons. The summed E-state index contributed by atoms with van der Waals surface area (Å²) < 4.78 is 38.4. The van der Waals surface area contributed by atoms with Gasteiger partial charge in [0.15, 0.2) is 0 Å². The molecule has 1 aliphatic rings. The lowest BCUT2D eigenvalue weighted by molar-refractivity contribution is 0.0868. The molecule has 1 unspecified atom stereocenters. The van der Waals surface area contributed by atoms with Gasteiger partial charge in [0, 0.05) is 30.6 Å². The number of rotatable bonds is 9. The quantitative estimate of drug-likeness (QED) is 0.151. The van der Waals surface area contributed by atoms with Crippen molar-refractivity contribution in [1.29, 1.82) is 0 Å². The molecular formula is C35H42N6O5S. The number of nitrogens with one attached hydrogen (secondary N) is 1. The van der Waals surface area contributed by atoms with Crippen molar-refractivity contribution < 1.29 is 23.2 Å². The second-order valence-electron chi connectivity index (χ2n) is 12.7. The Bertz CT molecular complexity index is 1900. The highest BCUT2D eigenvalue weighted by atomic mass is 32.3. The number of fused-ring (bicyclic) bond motifs is 2. The highest BCUT2D eigenvalue weighted by molar-refractivity contribution is 8.22. The Hall–Kier alpha value is -4.23. The second-order valence-corrected chi connectivity index (χ2v) is 14.7. The van der Waals surface area contributed by atoms with E-state index in [9.17, 15) is 13.9 Å². The first-order valence-electron chi connectivity index (χ1n) is 15.9. The molecule has 0 saturated carbocycles. The van der Waals surface area contributed by atoms with Crippen LogP contribution in [0.15, 0.2) is 76.3 Å². The maximum Gasteiger partial charge on any atom is 0.290 e. The van der Waals surface area contributed by atoms with E-state index in [1.165, 1.54) is 12.3 Å². The van der Waals surface area contributed by atoms with Crippen molar-refractivity contribution in [1.82, 2.24) is 29.8 Å². The molecule has 0 fully saturated rings. The van der Waals surface area contributed by atoms with E-state index in [1.54, 1.807) is 22.5 Å². The number of nitrogens with zero attached hydrogens (tertiary/aromatic N) is 5. The van der Waals surface area contributed by atoms with E-state index in [-0.39, 0.29) is 30.2 Å². The molecule has 2 atom stereocenters. The summed E-state index contributed by atoms with van der Waals surface area (Å²) >= 11 is 0. The highest BCUT2D eigenvalue weighted by Gasteiger charge is 2.38. The number of hydrogen-bond acceptors (Lipinski definition) is 9. The van der Waals surface area contributed by atoms with E-state index in [0.717, 1.165) is 38.9 Å². The molecule has 3 aromatic carbocycles. The van der Waals surface area contributed by atoms with Crippen LogP contribution in [0.25, 0.3) is 11.0 Å². The number of para-hydroxylation sites is 1. The van der Waals surface area contributed by atoms with Crippen LogP contribution in [0, 0.1) is 13.8 Å². The first-order valence-corrected chi connectivity index (χ1v) is 17.4. The Morgan fingerprint density at radius 2 is 1.89 bits per heavy atom. The molecular weight excluding hydrogens is 616 g/mol. The van der Waals surface area contributed by atoms with Gasteiger partial charge in [0.25, 0.3) is 5.91 Å². The fraction of sp³-hybridized carbons (Fsp3) is 0.371. The molecule has 0 spiro atoms. The fourth-order valence-corrected chi connectivity index (χ4v) is 8.15. The zero-order valence-corrected chi connectivity index (χ0v) is 28.4. The molecule has 0 aliphatic carbocycles. The third kappa shape index (κ3) is 6.14. The van der Waals surface area contributed by atoms with E-state index in [0.29, 0.717) is 30.2 Å². The number of benzene rings is 3. The third-order valence-corrected chi connectivity index (χ3v) is 11.1. The Morgan fingerprint density at radius 1 is 1.11 bits per heavy atom. The summed E-state index contributed by atoms with van der Waals surface area (Å²) in [6.45, 7) is 13.4.